The quantitative estimate of drug-likeness (QED) is 0.687. The molecule has 0 spiro atoms. The van der Waals surface area contributed by atoms with Crippen LogP contribution in [0.2, 0.25) is 0 Å². The van der Waals surface area contributed by atoms with Gasteiger partial charge in [0.1, 0.15) is 5.78 Å². The summed E-state index contributed by atoms with van der Waals surface area (Å²) in [5.74, 6) is 0.0261. The minimum atomic E-state index is -3.72. The number of pyridine rings is 2. The minimum Gasteiger partial charge on any atom is -0.300 e. The van der Waals surface area contributed by atoms with Gasteiger partial charge in [-0.1, -0.05) is 17.7 Å². The Balaban J connectivity index is 1.94. The van der Waals surface area contributed by atoms with Gasteiger partial charge in [-0.25, -0.2) is 8.42 Å². The summed E-state index contributed by atoms with van der Waals surface area (Å²) in [6, 6.07) is 12.0. The van der Waals surface area contributed by atoms with Crippen LogP contribution in [-0.2, 0) is 21.2 Å². The number of hydrogen-bond acceptors (Lipinski definition) is 5. The molecule has 0 saturated carbocycles. The first-order chi connectivity index (χ1) is 13.2. The molecule has 3 rings (SSSR count). The number of nitrogens with one attached hydrogen (secondary N) is 1. The summed E-state index contributed by atoms with van der Waals surface area (Å²) in [6.45, 7) is 5.15. The monoisotopic (exact) mass is 395 g/mol. The summed E-state index contributed by atoms with van der Waals surface area (Å²) >= 11 is 0. The highest BCUT2D eigenvalue weighted by Crippen LogP contribution is 2.26. The van der Waals surface area contributed by atoms with Crippen LogP contribution in [0.4, 0.5) is 5.69 Å². The number of Topliss-reactive ketones (excluding diaryl/α,β-unsaturated/α-hetero) is 1. The minimum absolute atomic E-state index is 0.0261. The van der Waals surface area contributed by atoms with Gasteiger partial charge in [-0.2, -0.15) is 0 Å². The fourth-order valence-corrected chi connectivity index (χ4v) is 3.83. The molecule has 0 amide bonds. The summed E-state index contributed by atoms with van der Waals surface area (Å²) in [6.07, 6.45) is 3.55. The normalized spacial score (nSPS) is 11.2. The molecule has 0 fully saturated rings. The topological polar surface area (TPSA) is 89.0 Å². The van der Waals surface area contributed by atoms with Crippen molar-refractivity contribution in [2.24, 2.45) is 0 Å². The molecule has 6 nitrogen and oxygen atoms in total. The Morgan fingerprint density at radius 3 is 2.39 bits per heavy atom. The van der Waals surface area contributed by atoms with Crippen LogP contribution in [0.3, 0.4) is 0 Å². The zero-order valence-corrected chi connectivity index (χ0v) is 16.7. The van der Waals surface area contributed by atoms with Crippen LogP contribution in [0, 0.1) is 13.8 Å². The van der Waals surface area contributed by atoms with E-state index in [1.54, 1.807) is 55.7 Å². The van der Waals surface area contributed by atoms with Gasteiger partial charge >= 0.3 is 0 Å². The van der Waals surface area contributed by atoms with E-state index in [4.69, 9.17) is 0 Å². The number of aromatic nitrogens is 2. The number of sulfonamides is 1. The van der Waals surface area contributed by atoms with Crippen molar-refractivity contribution in [1.29, 1.82) is 0 Å². The third-order valence-corrected chi connectivity index (χ3v) is 5.62. The number of carbonyl (C=O) groups excluding carboxylic acids is 1. The van der Waals surface area contributed by atoms with Gasteiger partial charge in [0.2, 0.25) is 0 Å². The Morgan fingerprint density at radius 2 is 1.71 bits per heavy atom. The number of ketones is 1. The van der Waals surface area contributed by atoms with Gasteiger partial charge in [-0.3, -0.25) is 19.5 Å². The standard InChI is InChI=1S/C21H21N3O3S/c1-14-4-6-20(7-5-14)28(26,27)24-21-12-18(13-23-16(21)3)17-8-9-22-19(11-17)10-15(2)25/h4-9,11-13,24H,10H2,1-3H3. The van der Waals surface area contributed by atoms with E-state index in [9.17, 15) is 13.2 Å². The molecule has 1 aromatic carbocycles. The third kappa shape index (κ3) is 4.61. The average molecular weight is 395 g/mol. The SMILES string of the molecule is CC(=O)Cc1cc(-c2cnc(C)c(NS(=O)(=O)c3ccc(C)cc3)c2)ccn1. The summed E-state index contributed by atoms with van der Waals surface area (Å²) in [7, 11) is -3.72. The van der Waals surface area contributed by atoms with Crippen LogP contribution in [-0.4, -0.2) is 24.2 Å². The maximum Gasteiger partial charge on any atom is 0.261 e. The van der Waals surface area contributed by atoms with E-state index < -0.39 is 10.0 Å². The lowest BCUT2D eigenvalue weighted by molar-refractivity contribution is -0.116. The van der Waals surface area contributed by atoms with Crippen LogP contribution in [0.25, 0.3) is 11.1 Å². The molecule has 0 atom stereocenters. The van der Waals surface area contributed by atoms with Gasteiger partial charge in [0.05, 0.1) is 16.3 Å². The van der Waals surface area contributed by atoms with Crippen LogP contribution in [0.1, 0.15) is 23.9 Å². The van der Waals surface area contributed by atoms with Crippen LogP contribution in [0.15, 0.2) is 59.8 Å². The molecular weight excluding hydrogens is 374 g/mol. The van der Waals surface area contributed by atoms with Crippen molar-refractivity contribution in [3.63, 3.8) is 0 Å². The number of aryl methyl sites for hydroxylation is 2. The van der Waals surface area contributed by atoms with Gasteiger partial charge < -0.3 is 0 Å². The van der Waals surface area contributed by atoms with E-state index in [0.29, 0.717) is 17.1 Å². The fourth-order valence-electron chi connectivity index (χ4n) is 2.72. The first kappa shape index (κ1) is 19.7. The van der Waals surface area contributed by atoms with E-state index in [0.717, 1.165) is 16.7 Å². The van der Waals surface area contributed by atoms with Gasteiger partial charge in [-0.15, -0.1) is 0 Å². The second-order valence-electron chi connectivity index (χ2n) is 6.69. The fraction of sp³-hybridized carbons (Fsp3) is 0.190. The zero-order valence-electron chi connectivity index (χ0n) is 15.9. The van der Waals surface area contributed by atoms with E-state index >= 15 is 0 Å². The lowest BCUT2D eigenvalue weighted by Crippen LogP contribution is -2.14. The Bertz CT molecular complexity index is 1120. The number of carbonyl (C=O) groups is 1. The number of benzene rings is 1. The van der Waals surface area contributed by atoms with Crippen molar-refractivity contribution in [3.05, 3.63) is 71.8 Å². The predicted octanol–water partition coefficient (Wildman–Crippen LogP) is 3.69. The summed E-state index contributed by atoms with van der Waals surface area (Å²) in [5, 5.41) is 0. The number of nitrogens with zero attached hydrogens (tertiary/aromatic N) is 2. The van der Waals surface area contributed by atoms with Crippen molar-refractivity contribution in [2.45, 2.75) is 32.1 Å². The van der Waals surface area contributed by atoms with Crippen LogP contribution in [0.5, 0.6) is 0 Å². The first-order valence-corrected chi connectivity index (χ1v) is 10.2. The highest BCUT2D eigenvalue weighted by Gasteiger charge is 2.16. The van der Waals surface area contributed by atoms with E-state index in [1.807, 2.05) is 13.0 Å². The summed E-state index contributed by atoms with van der Waals surface area (Å²) < 4.78 is 28.0. The maximum absolute atomic E-state index is 12.7. The molecule has 0 radical (unpaired) electrons. The number of hydrogen-bond donors (Lipinski definition) is 1. The van der Waals surface area contributed by atoms with E-state index in [1.165, 1.54) is 6.92 Å². The molecule has 0 aliphatic carbocycles. The predicted molar refractivity (Wildman–Crippen MR) is 109 cm³/mol. The largest absolute Gasteiger partial charge is 0.300 e. The van der Waals surface area contributed by atoms with E-state index in [-0.39, 0.29) is 17.1 Å². The summed E-state index contributed by atoms with van der Waals surface area (Å²) in [4.78, 5) is 20.1. The molecule has 144 valence electrons. The molecule has 2 aromatic heterocycles. The van der Waals surface area contributed by atoms with Gasteiger partial charge in [0.25, 0.3) is 10.0 Å². The lowest BCUT2D eigenvalue weighted by Gasteiger charge is -2.12. The number of anilines is 1. The molecule has 3 aromatic rings. The average Bonchev–Trinajstić information content (AvgIpc) is 2.63. The van der Waals surface area contributed by atoms with E-state index in [2.05, 4.69) is 14.7 Å². The van der Waals surface area contributed by atoms with Crippen molar-refractivity contribution in [2.75, 3.05) is 4.72 Å². The maximum atomic E-state index is 12.7. The molecule has 0 saturated heterocycles. The Morgan fingerprint density at radius 1 is 1.00 bits per heavy atom. The number of rotatable bonds is 6. The molecule has 28 heavy (non-hydrogen) atoms. The molecule has 0 aliphatic heterocycles. The highest BCUT2D eigenvalue weighted by atomic mass is 32.2. The van der Waals surface area contributed by atoms with Crippen LogP contribution >= 0.6 is 0 Å². The molecular formula is C21H21N3O3S. The van der Waals surface area contributed by atoms with Crippen molar-refractivity contribution in [1.82, 2.24) is 9.97 Å². The molecule has 2 heterocycles. The van der Waals surface area contributed by atoms with Crippen molar-refractivity contribution in [3.8, 4) is 11.1 Å². The summed E-state index contributed by atoms with van der Waals surface area (Å²) in [5.41, 5.74) is 4.17. The molecule has 1 N–H and O–H groups in total. The van der Waals surface area contributed by atoms with Gasteiger partial charge in [-0.05, 0) is 56.7 Å². The molecule has 0 unspecified atom stereocenters. The Kier molecular flexibility index (Phi) is 5.56. The Labute approximate surface area is 164 Å². The second kappa shape index (κ2) is 7.90. The third-order valence-electron chi connectivity index (χ3n) is 4.24. The smallest absolute Gasteiger partial charge is 0.261 e. The Hall–Kier alpha value is -3.06. The molecule has 7 heteroatoms. The molecule has 0 aliphatic rings. The van der Waals surface area contributed by atoms with Gasteiger partial charge in [0.15, 0.2) is 0 Å². The lowest BCUT2D eigenvalue weighted by atomic mass is 10.1. The molecule has 0 bridgehead atoms. The van der Waals surface area contributed by atoms with Crippen molar-refractivity contribution < 1.29 is 13.2 Å². The van der Waals surface area contributed by atoms with Crippen molar-refractivity contribution >= 4 is 21.5 Å². The second-order valence-corrected chi connectivity index (χ2v) is 8.37. The first-order valence-electron chi connectivity index (χ1n) is 8.75. The highest BCUT2D eigenvalue weighted by molar-refractivity contribution is 7.92. The van der Waals surface area contributed by atoms with Gasteiger partial charge in [0, 0.05) is 30.1 Å². The van der Waals surface area contributed by atoms with Crippen LogP contribution < -0.4 is 4.72 Å². The zero-order chi connectivity index (χ0) is 20.3.